The highest BCUT2D eigenvalue weighted by Gasteiger charge is 2.33. The molecule has 0 aliphatic carbocycles. The van der Waals surface area contributed by atoms with Crippen molar-refractivity contribution in [2.45, 2.75) is 38.0 Å². The van der Waals surface area contributed by atoms with Gasteiger partial charge in [0.1, 0.15) is 6.29 Å². The summed E-state index contributed by atoms with van der Waals surface area (Å²) in [6, 6.07) is 6.21. The molecule has 0 bridgehead atoms. The van der Waals surface area contributed by atoms with E-state index in [0.29, 0.717) is 30.7 Å². The predicted molar refractivity (Wildman–Crippen MR) is 110 cm³/mol. The molecule has 3 rings (SSSR count). The van der Waals surface area contributed by atoms with Crippen molar-refractivity contribution in [3.8, 4) is 0 Å². The second-order valence-electron chi connectivity index (χ2n) is 6.81. The van der Waals surface area contributed by atoms with Crippen LogP contribution < -0.4 is 21.7 Å². The summed E-state index contributed by atoms with van der Waals surface area (Å²) in [6.07, 6.45) is 2.83. The van der Waals surface area contributed by atoms with Crippen molar-refractivity contribution in [1.82, 2.24) is 10.6 Å². The number of anilines is 1. The lowest BCUT2D eigenvalue weighted by Crippen LogP contribution is -2.52. The van der Waals surface area contributed by atoms with Crippen LogP contribution in [0.5, 0.6) is 0 Å². The number of rotatable bonds is 8. The normalized spacial score (nSPS) is 21.2. The number of carbonyl (C=O) groups excluding carboxylic acids is 3. The predicted octanol–water partition coefficient (Wildman–Crippen LogP) is -0.139. The Kier molecular flexibility index (Phi) is 6.32. The number of benzene rings is 1. The molecule has 10 heteroatoms. The molecule has 0 radical (unpaired) electrons. The van der Waals surface area contributed by atoms with E-state index in [2.05, 4.69) is 30.9 Å². The largest absolute Gasteiger partial charge is 0.379 e. The third-order valence-corrected chi connectivity index (χ3v) is 4.47. The van der Waals surface area contributed by atoms with Crippen molar-refractivity contribution in [2.75, 3.05) is 11.9 Å². The second kappa shape index (κ2) is 9.09. The Bertz CT molecular complexity index is 876. The zero-order chi connectivity index (χ0) is 20.8. The monoisotopic (exact) mass is 397 g/mol. The first kappa shape index (κ1) is 20.2. The van der Waals surface area contributed by atoms with E-state index in [1.807, 2.05) is 6.92 Å². The number of nitrogens with zero attached hydrogens (tertiary/aromatic N) is 3. The minimum absolute atomic E-state index is 0.0485. The molecule has 1 aromatic carbocycles. The van der Waals surface area contributed by atoms with Gasteiger partial charge < -0.3 is 21.2 Å². The number of aldehydes is 1. The fourth-order valence-corrected chi connectivity index (χ4v) is 2.92. The Morgan fingerprint density at radius 1 is 1.31 bits per heavy atom. The Balaban J connectivity index is 1.54. The summed E-state index contributed by atoms with van der Waals surface area (Å²) in [7, 11) is 0. The van der Waals surface area contributed by atoms with Crippen LogP contribution in [0.25, 0.3) is 0 Å². The van der Waals surface area contributed by atoms with E-state index in [9.17, 15) is 14.4 Å². The molecule has 3 atom stereocenters. The molecule has 0 saturated carbocycles. The third-order valence-electron chi connectivity index (χ3n) is 4.47. The van der Waals surface area contributed by atoms with Gasteiger partial charge in [-0.1, -0.05) is 0 Å². The number of carbonyl (C=O) groups is 3. The number of amides is 2. The van der Waals surface area contributed by atoms with Crippen molar-refractivity contribution in [1.29, 1.82) is 0 Å². The van der Waals surface area contributed by atoms with E-state index in [0.717, 1.165) is 12.0 Å². The Morgan fingerprint density at radius 3 is 2.79 bits per heavy atom. The molecule has 2 heterocycles. The number of nitrogens with one attached hydrogen (secondary N) is 3. The zero-order valence-electron chi connectivity index (χ0n) is 16.0. The number of hydrogen-bond donors (Lipinski definition) is 4. The van der Waals surface area contributed by atoms with Gasteiger partial charge in [0, 0.05) is 29.9 Å². The van der Waals surface area contributed by atoms with Gasteiger partial charge in [0.25, 0.3) is 11.8 Å². The van der Waals surface area contributed by atoms with E-state index in [1.54, 1.807) is 30.5 Å². The topological polar surface area (TPSA) is 150 Å². The van der Waals surface area contributed by atoms with E-state index < -0.39 is 12.2 Å². The molecule has 2 amide bonds. The minimum Gasteiger partial charge on any atom is -0.379 e. The van der Waals surface area contributed by atoms with Crippen molar-refractivity contribution in [3.63, 3.8) is 0 Å². The summed E-state index contributed by atoms with van der Waals surface area (Å²) in [5, 5.41) is 8.49. The fourth-order valence-electron chi connectivity index (χ4n) is 2.92. The van der Waals surface area contributed by atoms with Gasteiger partial charge in [-0.05, 0) is 37.6 Å². The molecule has 2 aliphatic rings. The highest BCUT2D eigenvalue weighted by molar-refractivity contribution is 6.33. The average Bonchev–Trinajstić information content (AvgIpc) is 2.71. The Hall–Kier alpha value is -3.56. The Morgan fingerprint density at radius 2 is 2.07 bits per heavy atom. The molecule has 2 unspecified atom stereocenters. The van der Waals surface area contributed by atoms with Crippen LogP contribution in [0.4, 0.5) is 5.69 Å². The lowest BCUT2D eigenvalue weighted by atomic mass is 10.1. The molecule has 0 aromatic heterocycles. The molecular weight excluding hydrogens is 374 g/mol. The van der Waals surface area contributed by atoms with Gasteiger partial charge in [-0.2, -0.15) is 0 Å². The van der Waals surface area contributed by atoms with Crippen molar-refractivity contribution in [2.24, 2.45) is 20.7 Å². The molecule has 29 heavy (non-hydrogen) atoms. The summed E-state index contributed by atoms with van der Waals surface area (Å²) in [5.74, 6) is -0.463. The zero-order valence-corrected chi connectivity index (χ0v) is 16.0. The summed E-state index contributed by atoms with van der Waals surface area (Å²) in [5.41, 5.74) is 7.46. The SMILES string of the molecule is C[C@H](CCC=O)NC(=O)c1ccc(NCC2=NC3C(=O)NC(N)=NC3N=C2)cc1. The maximum Gasteiger partial charge on any atom is 0.255 e. The molecular formula is C19H23N7O3. The van der Waals surface area contributed by atoms with Crippen molar-refractivity contribution >= 4 is 41.7 Å². The molecule has 0 saturated heterocycles. The molecule has 152 valence electrons. The third kappa shape index (κ3) is 5.24. The van der Waals surface area contributed by atoms with Gasteiger partial charge in [0.05, 0.1) is 12.3 Å². The molecule has 10 nitrogen and oxygen atoms in total. The first-order valence-electron chi connectivity index (χ1n) is 9.28. The summed E-state index contributed by atoms with van der Waals surface area (Å²) < 4.78 is 0. The van der Waals surface area contributed by atoms with E-state index in [1.165, 1.54) is 0 Å². The lowest BCUT2D eigenvalue weighted by molar-refractivity contribution is -0.121. The number of hydrogen-bond acceptors (Lipinski definition) is 8. The molecule has 0 spiro atoms. The average molecular weight is 397 g/mol. The second-order valence-corrected chi connectivity index (χ2v) is 6.81. The molecule has 0 fully saturated rings. The van der Waals surface area contributed by atoms with Crippen LogP contribution in [0.1, 0.15) is 30.1 Å². The smallest absolute Gasteiger partial charge is 0.255 e. The van der Waals surface area contributed by atoms with Gasteiger partial charge in [-0.3, -0.25) is 24.9 Å². The Labute approximate surface area is 167 Å². The van der Waals surface area contributed by atoms with Crippen molar-refractivity contribution < 1.29 is 14.4 Å². The summed E-state index contributed by atoms with van der Waals surface area (Å²) in [6.45, 7) is 2.23. The van der Waals surface area contributed by atoms with Crippen LogP contribution in [0, 0.1) is 0 Å². The highest BCUT2D eigenvalue weighted by Crippen LogP contribution is 2.14. The minimum atomic E-state index is -0.712. The quantitative estimate of drug-likeness (QED) is 0.450. The van der Waals surface area contributed by atoms with Gasteiger partial charge in [0.15, 0.2) is 18.2 Å². The summed E-state index contributed by atoms with van der Waals surface area (Å²) in [4.78, 5) is 47.2. The number of nitrogens with two attached hydrogens (primary N) is 1. The standard InChI is InChI=1S/C19H23N7O3/c1-11(3-2-8-27)23-17(28)12-4-6-13(7-5-12)21-9-14-10-22-16-15(24-14)18(29)26-19(20)25-16/h4-8,10-11,15-16,21H,2-3,9H2,1H3,(H,23,28)(H3,20,25,26,29)/t11-,15?,16?/m1/s1. The van der Waals surface area contributed by atoms with E-state index >= 15 is 0 Å². The van der Waals surface area contributed by atoms with Crippen molar-refractivity contribution in [3.05, 3.63) is 29.8 Å². The van der Waals surface area contributed by atoms with Gasteiger partial charge in [-0.25, -0.2) is 4.99 Å². The number of aliphatic imine (C=N–C) groups is 3. The van der Waals surface area contributed by atoms with Gasteiger partial charge in [-0.15, -0.1) is 0 Å². The van der Waals surface area contributed by atoms with Crippen LogP contribution in [-0.4, -0.2) is 60.8 Å². The maximum atomic E-state index is 12.2. The van der Waals surface area contributed by atoms with Gasteiger partial charge >= 0.3 is 0 Å². The van der Waals surface area contributed by atoms with Crippen LogP contribution in [0.15, 0.2) is 39.2 Å². The molecule has 2 aliphatic heterocycles. The molecule has 5 N–H and O–H groups in total. The van der Waals surface area contributed by atoms with E-state index in [-0.39, 0.29) is 23.8 Å². The first-order valence-corrected chi connectivity index (χ1v) is 9.28. The highest BCUT2D eigenvalue weighted by atomic mass is 16.2. The molecule has 1 aromatic rings. The lowest BCUT2D eigenvalue weighted by Gasteiger charge is -2.25. The fraction of sp³-hybridized carbons (Fsp3) is 0.368. The maximum absolute atomic E-state index is 12.2. The van der Waals surface area contributed by atoms with Crippen LogP contribution in [-0.2, 0) is 9.59 Å². The van der Waals surface area contributed by atoms with E-state index in [4.69, 9.17) is 5.73 Å². The first-order chi connectivity index (χ1) is 14.0. The number of fused-ring (bicyclic) bond motifs is 1. The summed E-state index contributed by atoms with van der Waals surface area (Å²) >= 11 is 0. The van der Waals surface area contributed by atoms with Crippen LogP contribution in [0.3, 0.4) is 0 Å². The van der Waals surface area contributed by atoms with Crippen LogP contribution in [0.2, 0.25) is 0 Å². The number of guanidine groups is 1. The van der Waals surface area contributed by atoms with Gasteiger partial charge in [0.2, 0.25) is 0 Å². The van der Waals surface area contributed by atoms with Crippen LogP contribution >= 0.6 is 0 Å².